The molecule has 0 aliphatic carbocycles. The van der Waals surface area contributed by atoms with Gasteiger partial charge in [-0.15, -0.1) is 0 Å². The van der Waals surface area contributed by atoms with Crippen LogP contribution in [0.1, 0.15) is 35.6 Å². The maximum absolute atomic E-state index is 7.38. The Morgan fingerprint density at radius 2 is 2.33 bits per heavy atom. The van der Waals surface area contributed by atoms with Crippen molar-refractivity contribution in [2.24, 2.45) is 0 Å². The lowest BCUT2D eigenvalue weighted by Gasteiger charge is -2.28. The van der Waals surface area contributed by atoms with Crippen LogP contribution in [0.2, 0.25) is 0 Å². The van der Waals surface area contributed by atoms with E-state index in [0.717, 1.165) is 30.6 Å². The maximum Gasteiger partial charge on any atom is 0.0851 e. The normalized spacial score (nSPS) is 23.4. The van der Waals surface area contributed by atoms with Gasteiger partial charge in [-0.2, -0.15) is 5.10 Å². The van der Waals surface area contributed by atoms with Crippen LogP contribution in [0.25, 0.3) is 0 Å². The molecule has 2 heterocycles. The van der Waals surface area contributed by atoms with Crippen LogP contribution in [-0.4, -0.2) is 34.7 Å². The molecule has 2 N–H and O–H groups in total. The molecule has 0 amide bonds. The van der Waals surface area contributed by atoms with Crippen LogP contribution < -0.4 is 5.73 Å². The summed E-state index contributed by atoms with van der Waals surface area (Å²) in [6.07, 6.45) is 4.31. The zero-order valence-electron chi connectivity index (χ0n) is 12.1. The molecule has 4 heteroatoms. The summed E-state index contributed by atoms with van der Waals surface area (Å²) in [5, 5.41) is 4.47. The summed E-state index contributed by atoms with van der Waals surface area (Å²) in [7, 11) is 0. The standard InChI is InChI=1S/C11H20N4/c1-3-11-10(12)8-15(13-11)9-4-6-14(2)7-5-9/h8-9H,3-7,12H2,1-2H3/i2D3. The molecule has 0 saturated carbocycles. The van der Waals surface area contributed by atoms with E-state index in [9.17, 15) is 0 Å². The van der Waals surface area contributed by atoms with Crippen molar-refractivity contribution in [1.82, 2.24) is 14.7 Å². The second-order valence-electron chi connectivity index (χ2n) is 4.08. The average Bonchev–Trinajstić information content (AvgIpc) is 2.69. The predicted octanol–water partition coefficient (Wildman–Crippen LogP) is 1.29. The third-order valence-electron chi connectivity index (χ3n) is 3.01. The molecule has 1 aromatic rings. The molecule has 0 unspecified atom stereocenters. The van der Waals surface area contributed by atoms with Gasteiger partial charge in [-0.1, -0.05) is 6.92 Å². The van der Waals surface area contributed by atoms with Gasteiger partial charge in [-0.05, 0) is 39.3 Å². The van der Waals surface area contributed by atoms with Gasteiger partial charge in [0.1, 0.15) is 0 Å². The van der Waals surface area contributed by atoms with Crippen LogP contribution in [0.3, 0.4) is 0 Å². The molecule has 0 atom stereocenters. The topological polar surface area (TPSA) is 47.1 Å². The number of aryl methyl sites for hydroxylation is 1. The van der Waals surface area contributed by atoms with Crippen molar-refractivity contribution in [3.05, 3.63) is 11.9 Å². The largest absolute Gasteiger partial charge is 0.396 e. The van der Waals surface area contributed by atoms with Gasteiger partial charge in [-0.25, -0.2) is 0 Å². The number of rotatable bonds is 2. The summed E-state index contributed by atoms with van der Waals surface area (Å²) in [5.41, 5.74) is 7.53. The van der Waals surface area contributed by atoms with Crippen molar-refractivity contribution in [3.63, 3.8) is 0 Å². The minimum Gasteiger partial charge on any atom is -0.396 e. The first-order chi connectivity index (χ1) is 8.41. The minimum atomic E-state index is -1.97. The quantitative estimate of drug-likeness (QED) is 0.802. The second-order valence-corrected chi connectivity index (χ2v) is 4.08. The van der Waals surface area contributed by atoms with E-state index < -0.39 is 6.98 Å². The van der Waals surface area contributed by atoms with E-state index in [1.54, 1.807) is 4.90 Å². The van der Waals surface area contributed by atoms with Gasteiger partial charge in [0, 0.05) is 10.3 Å². The maximum atomic E-state index is 7.38. The molecule has 84 valence electrons. The highest BCUT2D eigenvalue weighted by atomic mass is 15.3. The van der Waals surface area contributed by atoms with Gasteiger partial charge in [0.25, 0.3) is 0 Å². The highest BCUT2D eigenvalue weighted by molar-refractivity contribution is 5.40. The van der Waals surface area contributed by atoms with Crippen LogP contribution >= 0.6 is 0 Å². The summed E-state index contributed by atoms with van der Waals surface area (Å²) < 4.78 is 24.1. The van der Waals surface area contributed by atoms with E-state index >= 15 is 0 Å². The van der Waals surface area contributed by atoms with E-state index in [0.29, 0.717) is 13.1 Å². The zero-order chi connectivity index (χ0) is 13.3. The Balaban J connectivity index is 2.01. The number of hydrogen-bond donors (Lipinski definition) is 1. The van der Waals surface area contributed by atoms with Gasteiger partial charge in [0.15, 0.2) is 0 Å². The van der Waals surface area contributed by atoms with Crippen LogP contribution in [0.4, 0.5) is 5.69 Å². The fourth-order valence-corrected chi connectivity index (χ4v) is 2.04. The predicted molar refractivity (Wildman–Crippen MR) is 61.8 cm³/mol. The molecule has 4 nitrogen and oxygen atoms in total. The summed E-state index contributed by atoms with van der Waals surface area (Å²) in [6.45, 7) is 1.23. The monoisotopic (exact) mass is 211 g/mol. The first-order valence-corrected chi connectivity index (χ1v) is 5.50. The molecular formula is C11H20N4. The van der Waals surface area contributed by atoms with Crippen LogP contribution in [0.15, 0.2) is 6.20 Å². The van der Waals surface area contributed by atoms with E-state index in [2.05, 4.69) is 5.10 Å². The second kappa shape index (κ2) is 4.23. The lowest BCUT2D eigenvalue weighted by Crippen LogP contribution is -2.31. The van der Waals surface area contributed by atoms with Gasteiger partial charge in [-0.3, -0.25) is 4.68 Å². The zero-order valence-corrected chi connectivity index (χ0v) is 9.11. The highest BCUT2D eigenvalue weighted by Gasteiger charge is 2.19. The van der Waals surface area contributed by atoms with Crippen molar-refractivity contribution >= 4 is 5.69 Å². The lowest BCUT2D eigenvalue weighted by molar-refractivity contribution is 0.212. The third-order valence-corrected chi connectivity index (χ3v) is 3.01. The minimum absolute atomic E-state index is 0.270. The van der Waals surface area contributed by atoms with Crippen LogP contribution in [-0.2, 0) is 6.42 Å². The molecule has 1 fully saturated rings. The van der Waals surface area contributed by atoms with Gasteiger partial charge in [0.05, 0.1) is 17.4 Å². The first-order valence-electron chi connectivity index (χ1n) is 7.00. The molecule has 1 aliphatic rings. The lowest BCUT2D eigenvalue weighted by atomic mass is 10.1. The Morgan fingerprint density at radius 3 is 2.87 bits per heavy atom. The molecule has 0 spiro atoms. The number of nitrogens with zero attached hydrogens (tertiary/aromatic N) is 3. The van der Waals surface area contributed by atoms with Crippen LogP contribution in [0.5, 0.6) is 0 Å². The number of likely N-dealkylation sites (tertiary alicyclic amines) is 1. The average molecular weight is 211 g/mol. The Kier molecular flexibility index (Phi) is 2.05. The van der Waals surface area contributed by atoms with Crippen molar-refractivity contribution in [2.45, 2.75) is 32.2 Å². The van der Waals surface area contributed by atoms with Crippen molar-refractivity contribution < 1.29 is 4.11 Å². The summed E-state index contributed by atoms with van der Waals surface area (Å²) in [5.74, 6) is 0. The van der Waals surface area contributed by atoms with E-state index in [4.69, 9.17) is 9.85 Å². The molecule has 0 radical (unpaired) electrons. The Hall–Kier alpha value is -1.03. The van der Waals surface area contributed by atoms with Gasteiger partial charge >= 0.3 is 0 Å². The molecular weight excluding hydrogens is 188 g/mol. The molecule has 15 heavy (non-hydrogen) atoms. The number of nitrogens with two attached hydrogens (primary N) is 1. The number of aromatic nitrogens is 2. The van der Waals surface area contributed by atoms with Crippen molar-refractivity contribution in [2.75, 3.05) is 25.8 Å². The number of nitrogen functional groups attached to an aromatic ring is 1. The van der Waals surface area contributed by atoms with Crippen molar-refractivity contribution in [3.8, 4) is 0 Å². The Morgan fingerprint density at radius 1 is 1.60 bits per heavy atom. The summed E-state index contributed by atoms with van der Waals surface area (Å²) in [4.78, 5) is 1.55. The number of anilines is 1. The molecule has 1 aliphatic heterocycles. The molecule has 1 saturated heterocycles. The number of hydrogen-bond acceptors (Lipinski definition) is 3. The van der Waals surface area contributed by atoms with E-state index in [1.165, 1.54) is 0 Å². The third kappa shape index (κ3) is 2.15. The van der Waals surface area contributed by atoms with Crippen LogP contribution in [0, 0.1) is 0 Å². The fraction of sp³-hybridized carbons (Fsp3) is 0.727. The van der Waals surface area contributed by atoms with E-state index in [1.807, 2.05) is 17.8 Å². The van der Waals surface area contributed by atoms with E-state index in [-0.39, 0.29) is 6.04 Å². The van der Waals surface area contributed by atoms with Crippen molar-refractivity contribution in [1.29, 1.82) is 0 Å². The summed E-state index contributed by atoms with van der Waals surface area (Å²) in [6, 6.07) is 0.270. The summed E-state index contributed by atoms with van der Waals surface area (Å²) >= 11 is 0. The Labute approximate surface area is 95.3 Å². The first kappa shape index (κ1) is 7.28. The smallest absolute Gasteiger partial charge is 0.0851 e. The van der Waals surface area contributed by atoms with Gasteiger partial charge < -0.3 is 10.6 Å². The fourth-order valence-electron chi connectivity index (χ4n) is 2.04. The van der Waals surface area contributed by atoms with Gasteiger partial charge in [0.2, 0.25) is 0 Å². The molecule has 0 aromatic carbocycles. The molecule has 1 aromatic heterocycles. The SMILES string of the molecule is [2H]C([2H])([2H])N1CCC(n2cc(N)c(CC)n2)CC1. The highest BCUT2D eigenvalue weighted by Crippen LogP contribution is 2.23. The Bertz CT molecular complexity index is 405. The number of piperidine rings is 1. The molecule has 2 rings (SSSR count). The molecule has 0 bridgehead atoms.